The molecule has 1 aromatic carbocycles. The fourth-order valence-corrected chi connectivity index (χ4v) is 1.95. The molecule has 1 heterocycles. The van der Waals surface area contributed by atoms with Gasteiger partial charge in [0.05, 0.1) is 11.6 Å². The van der Waals surface area contributed by atoms with Crippen LogP contribution in [0.15, 0.2) is 18.2 Å². The summed E-state index contributed by atoms with van der Waals surface area (Å²) in [6.45, 7) is 1.34. The first kappa shape index (κ1) is 10.5. The molecule has 0 radical (unpaired) electrons. The zero-order valence-corrected chi connectivity index (χ0v) is 9.16. The Hall–Kier alpha value is -2.02. The summed E-state index contributed by atoms with van der Waals surface area (Å²) in [6.07, 6.45) is 0.818. The Morgan fingerprint density at radius 2 is 2.31 bits per heavy atom. The molecule has 0 saturated carbocycles. The first-order valence-corrected chi connectivity index (χ1v) is 5.23. The minimum atomic E-state index is -0.0463. The topological polar surface area (TPSA) is 56.1 Å². The van der Waals surface area contributed by atoms with Gasteiger partial charge in [-0.1, -0.05) is 6.07 Å². The lowest BCUT2D eigenvalue weighted by Crippen LogP contribution is -2.41. The summed E-state index contributed by atoms with van der Waals surface area (Å²) in [4.78, 5) is 13.2. The molecule has 2 amide bonds. The molecular weight excluding hydrogens is 202 g/mol. The molecule has 0 aromatic heterocycles. The molecule has 82 valence electrons. The fourth-order valence-electron chi connectivity index (χ4n) is 1.95. The number of urea groups is 1. The van der Waals surface area contributed by atoms with E-state index in [4.69, 9.17) is 5.26 Å². The lowest BCUT2D eigenvalue weighted by Gasteiger charge is -2.28. The number of nitrogens with one attached hydrogen (secondary N) is 1. The molecule has 2 rings (SSSR count). The molecule has 0 spiro atoms. The van der Waals surface area contributed by atoms with Gasteiger partial charge in [-0.15, -0.1) is 0 Å². The summed E-state index contributed by atoms with van der Waals surface area (Å²) in [7, 11) is 1.64. The van der Waals surface area contributed by atoms with Crippen LogP contribution in [-0.2, 0) is 13.0 Å². The maximum Gasteiger partial charge on any atom is 0.317 e. The van der Waals surface area contributed by atoms with Crippen LogP contribution in [0.25, 0.3) is 0 Å². The van der Waals surface area contributed by atoms with E-state index >= 15 is 0 Å². The lowest BCUT2D eigenvalue weighted by molar-refractivity contribution is 0.194. The van der Waals surface area contributed by atoms with Crippen LogP contribution < -0.4 is 5.32 Å². The number of hydrogen-bond acceptors (Lipinski definition) is 2. The van der Waals surface area contributed by atoms with E-state index in [2.05, 4.69) is 11.4 Å². The Morgan fingerprint density at radius 3 is 3.00 bits per heavy atom. The van der Waals surface area contributed by atoms with Crippen molar-refractivity contribution < 1.29 is 4.79 Å². The van der Waals surface area contributed by atoms with E-state index in [1.54, 1.807) is 18.0 Å². The van der Waals surface area contributed by atoms with Crippen molar-refractivity contribution in [3.63, 3.8) is 0 Å². The average molecular weight is 215 g/mol. The normalized spacial score (nSPS) is 13.9. The Balaban J connectivity index is 2.23. The van der Waals surface area contributed by atoms with Crippen molar-refractivity contribution in [1.29, 1.82) is 5.26 Å². The molecule has 0 aliphatic carbocycles. The summed E-state index contributed by atoms with van der Waals surface area (Å²) < 4.78 is 0. The number of carbonyl (C=O) groups excluding carboxylic acids is 1. The molecule has 0 saturated heterocycles. The molecule has 16 heavy (non-hydrogen) atoms. The van der Waals surface area contributed by atoms with Gasteiger partial charge in [0.2, 0.25) is 0 Å². The van der Waals surface area contributed by atoms with Crippen LogP contribution >= 0.6 is 0 Å². The summed E-state index contributed by atoms with van der Waals surface area (Å²) in [5.41, 5.74) is 3.00. The smallest absolute Gasteiger partial charge is 0.317 e. The van der Waals surface area contributed by atoms with Crippen LogP contribution in [0.3, 0.4) is 0 Å². The van der Waals surface area contributed by atoms with Crippen molar-refractivity contribution in [2.75, 3.05) is 13.6 Å². The number of nitrogens with zero attached hydrogens (tertiary/aromatic N) is 2. The highest BCUT2D eigenvalue weighted by molar-refractivity contribution is 5.74. The maximum atomic E-state index is 11.5. The van der Waals surface area contributed by atoms with E-state index < -0.39 is 0 Å². The average Bonchev–Trinajstić information content (AvgIpc) is 2.36. The van der Waals surface area contributed by atoms with Crippen LogP contribution in [0.2, 0.25) is 0 Å². The molecule has 1 aliphatic heterocycles. The second-order valence-electron chi connectivity index (χ2n) is 3.82. The minimum Gasteiger partial charge on any atom is -0.341 e. The highest BCUT2D eigenvalue weighted by Gasteiger charge is 2.19. The van der Waals surface area contributed by atoms with Gasteiger partial charge in [-0.3, -0.25) is 0 Å². The van der Waals surface area contributed by atoms with E-state index in [1.165, 1.54) is 5.56 Å². The number of rotatable bonds is 0. The molecule has 0 unspecified atom stereocenters. The van der Waals surface area contributed by atoms with Crippen molar-refractivity contribution in [3.8, 4) is 6.07 Å². The molecule has 1 aromatic rings. The summed E-state index contributed by atoms with van der Waals surface area (Å²) >= 11 is 0. The maximum absolute atomic E-state index is 11.5. The second kappa shape index (κ2) is 4.23. The van der Waals surface area contributed by atoms with Crippen molar-refractivity contribution in [2.45, 2.75) is 13.0 Å². The number of carbonyl (C=O) groups is 1. The Kier molecular flexibility index (Phi) is 2.78. The van der Waals surface area contributed by atoms with Gasteiger partial charge >= 0.3 is 6.03 Å². The molecule has 0 bridgehead atoms. The van der Waals surface area contributed by atoms with Crippen molar-refractivity contribution >= 4 is 6.03 Å². The summed E-state index contributed by atoms with van der Waals surface area (Å²) in [6, 6.07) is 7.73. The molecule has 0 atom stereocenters. The molecule has 1 aliphatic rings. The Labute approximate surface area is 94.5 Å². The van der Waals surface area contributed by atoms with Gasteiger partial charge in [0.15, 0.2) is 0 Å². The van der Waals surface area contributed by atoms with Gasteiger partial charge in [-0.25, -0.2) is 4.79 Å². The third kappa shape index (κ3) is 1.84. The molecule has 4 heteroatoms. The highest BCUT2D eigenvalue weighted by Crippen LogP contribution is 2.20. The van der Waals surface area contributed by atoms with E-state index in [1.807, 2.05) is 12.1 Å². The third-order valence-corrected chi connectivity index (χ3v) is 2.85. The van der Waals surface area contributed by atoms with E-state index in [0.29, 0.717) is 18.7 Å². The van der Waals surface area contributed by atoms with Gasteiger partial charge in [-0.05, 0) is 29.7 Å². The summed E-state index contributed by atoms with van der Waals surface area (Å²) in [5, 5.41) is 11.4. The number of hydrogen-bond donors (Lipinski definition) is 1. The van der Waals surface area contributed by atoms with Crippen LogP contribution in [0.5, 0.6) is 0 Å². The van der Waals surface area contributed by atoms with Crippen molar-refractivity contribution in [1.82, 2.24) is 10.2 Å². The largest absolute Gasteiger partial charge is 0.341 e. The van der Waals surface area contributed by atoms with Crippen molar-refractivity contribution in [3.05, 3.63) is 34.9 Å². The first-order valence-electron chi connectivity index (χ1n) is 5.23. The molecule has 4 nitrogen and oxygen atoms in total. The third-order valence-electron chi connectivity index (χ3n) is 2.85. The van der Waals surface area contributed by atoms with Crippen LogP contribution in [0, 0.1) is 11.3 Å². The number of benzene rings is 1. The zero-order chi connectivity index (χ0) is 11.5. The van der Waals surface area contributed by atoms with Gasteiger partial charge < -0.3 is 10.2 Å². The number of fused-ring (bicyclic) bond motifs is 1. The molecule has 0 fully saturated rings. The summed E-state index contributed by atoms with van der Waals surface area (Å²) in [5.74, 6) is 0. The predicted octanol–water partition coefficient (Wildman–Crippen LogP) is 1.26. The second-order valence-corrected chi connectivity index (χ2v) is 3.82. The molecular formula is C12H13N3O. The number of nitriles is 1. The van der Waals surface area contributed by atoms with Crippen LogP contribution in [0.4, 0.5) is 4.79 Å². The monoisotopic (exact) mass is 215 g/mol. The minimum absolute atomic E-state index is 0.0463. The molecule has 1 N–H and O–H groups in total. The first-order chi connectivity index (χ1) is 7.74. The van der Waals surface area contributed by atoms with Gasteiger partial charge in [0.1, 0.15) is 0 Å². The Bertz CT molecular complexity index is 462. The predicted molar refractivity (Wildman–Crippen MR) is 59.7 cm³/mol. The highest BCUT2D eigenvalue weighted by atomic mass is 16.2. The van der Waals surface area contributed by atoms with Gasteiger partial charge in [-0.2, -0.15) is 5.26 Å². The van der Waals surface area contributed by atoms with E-state index in [0.717, 1.165) is 12.0 Å². The van der Waals surface area contributed by atoms with Crippen LogP contribution in [-0.4, -0.2) is 24.5 Å². The van der Waals surface area contributed by atoms with Gasteiger partial charge in [0, 0.05) is 20.1 Å². The lowest BCUT2D eigenvalue weighted by atomic mass is 9.98. The standard InChI is InChI=1S/C12H13N3O/c1-14-12(16)15-5-4-10-6-9(7-13)2-3-11(10)8-15/h2-3,6H,4-5,8H2,1H3,(H,14,16). The zero-order valence-electron chi connectivity index (χ0n) is 9.16. The fraction of sp³-hybridized carbons (Fsp3) is 0.333. The van der Waals surface area contributed by atoms with E-state index in [-0.39, 0.29) is 6.03 Å². The quantitative estimate of drug-likeness (QED) is 0.708. The van der Waals surface area contributed by atoms with E-state index in [9.17, 15) is 4.79 Å². The van der Waals surface area contributed by atoms with Gasteiger partial charge in [0.25, 0.3) is 0 Å². The van der Waals surface area contributed by atoms with Crippen molar-refractivity contribution in [2.24, 2.45) is 0 Å². The SMILES string of the molecule is CNC(=O)N1CCc2cc(C#N)ccc2C1. The number of amides is 2. The van der Waals surface area contributed by atoms with Crippen LogP contribution in [0.1, 0.15) is 16.7 Å². The Morgan fingerprint density at radius 1 is 1.50 bits per heavy atom.